The molecule has 0 saturated heterocycles. The first kappa shape index (κ1) is 15.5. The van der Waals surface area contributed by atoms with Crippen molar-refractivity contribution >= 4 is 17.3 Å². The topological polar surface area (TPSA) is 30.5 Å². The maximum absolute atomic E-state index is 6.17. The van der Waals surface area contributed by atoms with Crippen molar-refractivity contribution in [2.75, 3.05) is 25.6 Å². The Morgan fingerprint density at radius 2 is 1.71 bits per heavy atom. The Morgan fingerprint density at radius 1 is 1.05 bits per heavy atom. The number of anilines is 1. The Bertz CT molecular complexity index is 572. The third kappa shape index (κ3) is 4.30. The average molecular weight is 306 g/mol. The van der Waals surface area contributed by atoms with Gasteiger partial charge in [-0.15, -0.1) is 11.6 Å². The second-order valence-corrected chi connectivity index (χ2v) is 5.28. The molecule has 3 nitrogen and oxygen atoms in total. The van der Waals surface area contributed by atoms with E-state index in [1.54, 1.807) is 7.11 Å². The maximum Gasteiger partial charge on any atom is 0.161 e. The number of rotatable bonds is 7. The zero-order chi connectivity index (χ0) is 15.1. The summed E-state index contributed by atoms with van der Waals surface area (Å²) in [6, 6.07) is 15.7. The monoisotopic (exact) mass is 305 g/mol. The van der Waals surface area contributed by atoms with Crippen molar-refractivity contribution in [2.45, 2.75) is 12.3 Å². The number of ether oxygens (including phenoxy) is 2. The quantitative estimate of drug-likeness (QED) is 0.604. The largest absolute Gasteiger partial charge is 0.493 e. The molecule has 2 rings (SSSR count). The first-order valence-corrected chi connectivity index (χ1v) is 7.38. The number of halogens is 1. The van der Waals surface area contributed by atoms with Gasteiger partial charge in [0.1, 0.15) is 6.61 Å². The van der Waals surface area contributed by atoms with E-state index in [1.807, 2.05) is 55.5 Å². The number of hydrogen-bond donors (Lipinski definition) is 1. The molecular formula is C17H20ClNO2. The zero-order valence-corrected chi connectivity index (χ0v) is 13.1. The highest BCUT2D eigenvalue weighted by atomic mass is 35.5. The molecule has 0 radical (unpaired) electrons. The summed E-state index contributed by atoms with van der Waals surface area (Å²) in [7, 11) is 1.64. The van der Waals surface area contributed by atoms with Crippen LogP contribution in [0, 0.1) is 0 Å². The van der Waals surface area contributed by atoms with Gasteiger partial charge in [-0.05, 0) is 30.7 Å². The van der Waals surface area contributed by atoms with E-state index in [0.29, 0.717) is 13.2 Å². The SMILES string of the molecule is COc1ccccc1OCCNc1ccccc1C(C)Cl. The number of methoxy groups -OCH3 is 1. The molecule has 112 valence electrons. The van der Waals surface area contributed by atoms with Crippen LogP contribution >= 0.6 is 11.6 Å². The molecule has 0 amide bonds. The molecule has 0 aliphatic rings. The van der Waals surface area contributed by atoms with Crippen molar-refractivity contribution in [3.05, 3.63) is 54.1 Å². The summed E-state index contributed by atoms with van der Waals surface area (Å²) in [5, 5.41) is 3.33. The maximum atomic E-state index is 6.17. The van der Waals surface area contributed by atoms with Crippen LogP contribution in [0.5, 0.6) is 11.5 Å². The van der Waals surface area contributed by atoms with Gasteiger partial charge in [0.15, 0.2) is 11.5 Å². The van der Waals surface area contributed by atoms with E-state index in [9.17, 15) is 0 Å². The summed E-state index contributed by atoms with van der Waals surface area (Å²) >= 11 is 6.17. The molecule has 0 aromatic heterocycles. The van der Waals surface area contributed by atoms with Crippen LogP contribution in [0.4, 0.5) is 5.69 Å². The average Bonchev–Trinajstić information content (AvgIpc) is 2.52. The van der Waals surface area contributed by atoms with Crippen LogP contribution < -0.4 is 14.8 Å². The molecule has 0 aliphatic heterocycles. The lowest BCUT2D eigenvalue weighted by Gasteiger charge is -2.14. The fourth-order valence-electron chi connectivity index (χ4n) is 2.09. The van der Waals surface area contributed by atoms with Gasteiger partial charge in [-0.1, -0.05) is 30.3 Å². The van der Waals surface area contributed by atoms with Gasteiger partial charge < -0.3 is 14.8 Å². The molecule has 0 fully saturated rings. The van der Waals surface area contributed by atoms with Gasteiger partial charge in [0.05, 0.1) is 12.5 Å². The Labute approximate surface area is 130 Å². The van der Waals surface area contributed by atoms with Crippen molar-refractivity contribution < 1.29 is 9.47 Å². The number of para-hydroxylation sites is 3. The summed E-state index contributed by atoms with van der Waals surface area (Å²) in [5.74, 6) is 1.49. The van der Waals surface area contributed by atoms with Crippen LogP contribution in [-0.4, -0.2) is 20.3 Å². The zero-order valence-electron chi connectivity index (χ0n) is 12.3. The second kappa shape index (κ2) is 7.79. The number of hydrogen-bond acceptors (Lipinski definition) is 3. The molecule has 0 spiro atoms. The van der Waals surface area contributed by atoms with Crippen LogP contribution in [0.2, 0.25) is 0 Å². The van der Waals surface area contributed by atoms with Gasteiger partial charge in [0.2, 0.25) is 0 Å². The molecule has 0 saturated carbocycles. The molecule has 1 N–H and O–H groups in total. The summed E-state index contributed by atoms with van der Waals surface area (Å²) in [4.78, 5) is 0. The van der Waals surface area contributed by atoms with E-state index in [2.05, 4.69) is 5.32 Å². The standard InChI is InChI=1S/C17H20ClNO2/c1-13(18)14-7-3-4-8-15(14)19-11-12-21-17-10-6-5-9-16(17)20-2/h3-10,13,19H,11-12H2,1-2H3. The Morgan fingerprint density at radius 3 is 2.43 bits per heavy atom. The molecule has 2 aromatic rings. The number of nitrogens with one attached hydrogen (secondary N) is 1. The summed E-state index contributed by atoms with van der Waals surface area (Å²) in [5.41, 5.74) is 2.14. The number of benzene rings is 2. The van der Waals surface area contributed by atoms with Crippen LogP contribution in [0.15, 0.2) is 48.5 Å². The molecule has 2 aromatic carbocycles. The van der Waals surface area contributed by atoms with Gasteiger partial charge in [0.25, 0.3) is 0 Å². The minimum absolute atomic E-state index is 0.0242. The predicted molar refractivity (Wildman–Crippen MR) is 87.7 cm³/mol. The lowest BCUT2D eigenvalue weighted by molar-refractivity contribution is 0.306. The van der Waals surface area contributed by atoms with Crippen molar-refractivity contribution in [3.8, 4) is 11.5 Å². The highest BCUT2D eigenvalue weighted by Gasteiger charge is 2.07. The molecule has 0 heterocycles. The van der Waals surface area contributed by atoms with Crippen LogP contribution in [0.3, 0.4) is 0 Å². The molecule has 0 bridgehead atoms. The smallest absolute Gasteiger partial charge is 0.161 e. The van der Waals surface area contributed by atoms with Crippen molar-refractivity contribution in [2.24, 2.45) is 0 Å². The van der Waals surface area contributed by atoms with E-state index in [4.69, 9.17) is 21.1 Å². The lowest BCUT2D eigenvalue weighted by Crippen LogP contribution is -2.13. The normalized spacial score (nSPS) is 11.8. The number of alkyl halides is 1. The van der Waals surface area contributed by atoms with Crippen LogP contribution in [-0.2, 0) is 0 Å². The first-order valence-electron chi connectivity index (χ1n) is 6.95. The lowest BCUT2D eigenvalue weighted by atomic mass is 10.1. The molecule has 4 heteroatoms. The molecule has 1 atom stereocenters. The molecular weight excluding hydrogens is 286 g/mol. The summed E-state index contributed by atoms with van der Waals surface area (Å²) < 4.78 is 11.0. The Hall–Kier alpha value is -1.87. The van der Waals surface area contributed by atoms with Crippen LogP contribution in [0.25, 0.3) is 0 Å². The van der Waals surface area contributed by atoms with Crippen molar-refractivity contribution in [1.82, 2.24) is 0 Å². The highest BCUT2D eigenvalue weighted by molar-refractivity contribution is 6.21. The van der Waals surface area contributed by atoms with Crippen molar-refractivity contribution in [1.29, 1.82) is 0 Å². The van der Waals surface area contributed by atoms with Gasteiger partial charge in [-0.2, -0.15) is 0 Å². The summed E-state index contributed by atoms with van der Waals surface area (Å²) in [6.07, 6.45) is 0. The highest BCUT2D eigenvalue weighted by Crippen LogP contribution is 2.27. The fraction of sp³-hybridized carbons (Fsp3) is 0.294. The van der Waals surface area contributed by atoms with Gasteiger partial charge in [0, 0.05) is 12.2 Å². The molecule has 0 aliphatic carbocycles. The third-order valence-corrected chi connectivity index (χ3v) is 3.37. The van der Waals surface area contributed by atoms with Crippen molar-refractivity contribution in [3.63, 3.8) is 0 Å². The van der Waals surface area contributed by atoms with E-state index >= 15 is 0 Å². The molecule has 1 unspecified atom stereocenters. The molecule has 21 heavy (non-hydrogen) atoms. The Balaban J connectivity index is 1.88. The Kier molecular flexibility index (Phi) is 5.76. The summed E-state index contributed by atoms with van der Waals surface area (Å²) in [6.45, 7) is 3.21. The minimum Gasteiger partial charge on any atom is -0.493 e. The van der Waals surface area contributed by atoms with Crippen LogP contribution in [0.1, 0.15) is 17.9 Å². The van der Waals surface area contributed by atoms with Gasteiger partial charge >= 0.3 is 0 Å². The predicted octanol–water partition coefficient (Wildman–Crippen LogP) is 4.49. The second-order valence-electron chi connectivity index (χ2n) is 4.63. The van der Waals surface area contributed by atoms with E-state index in [0.717, 1.165) is 22.7 Å². The third-order valence-electron chi connectivity index (χ3n) is 3.13. The van der Waals surface area contributed by atoms with E-state index in [1.165, 1.54) is 0 Å². The van der Waals surface area contributed by atoms with E-state index < -0.39 is 0 Å². The van der Waals surface area contributed by atoms with Gasteiger partial charge in [-0.25, -0.2) is 0 Å². The fourth-order valence-corrected chi connectivity index (χ4v) is 2.28. The minimum atomic E-state index is -0.0242. The van der Waals surface area contributed by atoms with E-state index in [-0.39, 0.29) is 5.38 Å². The van der Waals surface area contributed by atoms with Gasteiger partial charge in [-0.3, -0.25) is 0 Å². The first-order chi connectivity index (χ1) is 10.2.